The molecule has 158 valence electrons. The number of carbonyl (C=O) groups is 1. The topological polar surface area (TPSA) is 64.6 Å². The number of ether oxygens (including phenoxy) is 2. The molecule has 31 heavy (non-hydrogen) atoms. The second-order valence-electron chi connectivity index (χ2n) is 6.52. The molecular formula is C22H17Cl2N3O3S. The van der Waals surface area contributed by atoms with E-state index in [0.717, 1.165) is 10.3 Å². The molecule has 2 heterocycles. The van der Waals surface area contributed by atoms with Crippen LogP contribution < -0.4 is 14.4 Å². The van der Waals surface area contributed by atoms with E-state index in [0.29, 0.717) is 32.2 Å². The molecule has 4 rings (SSSR count). The fraction of sp³-hybridized carbons (Fsp3) is 0.136. The van der Waals surface area contributed by atoms with Crippen LogP contribution in [0.5, 0.6) is 11.5 Å². The molecule has 2 aromatic heterocycles. The number of thiazole rings is 1. The van der Waals surface area contributed by atoms with E-state index in [2.05, 4.69) is 4.98 Å². The fourth-order valence-electron chi connectivity index (χ4n) is 3.10. The standard InChI is InChI=1S/C22H17Cl2N3O3S/c1-29-17-7-8-18(30-2)20-19(17)26-22(31-20)27(12-13-4-3-9-25-11-13)21(28)15-10-14(23)5-6-16(15)24/h3-11H,12H2,1-2H3. The van der Waals surface area contributed by atoms with Crippen LogP contribution in [0.3, 0.4) is 0 Å². The Hall–Kier alpha value is -2.87. The van der Waals surface area contributed by atoms with Crippen LogP contribution in [0, 0.1) is 0 Å². The zero-order chi connectivity index (χ0) is 22.0. The predicted molar refractivity (Wildman–Crippen MR) is 124 cm³/mol. The van der Waals surface area contributed by atoms with Crippen molar-refractivity contribution < 1.29 is 14.3 Å². The monoisotopic (exact) mass is 473 g/mol. The summed E-state index contributed by atoms with van der Waals surface area (Å²) in [4.78, 5) is 24.0. The number of halogens is 2. The Morgan fingerprint density at radius 2 is 1.87 bits per heavy atom. The SMILES string of the molecule is COc1ccc(OC)c2sc(N(Cc3cccnc3)C(=O)c3cc(Cl)ccc3Cl)nc12. The number of aromatic nitrogens is 2. The predicted octanol–water partition coefficient (Wildman–Crippen LogP) is 5.86. The zero-order valence-electron chi connectivity index (χ0n) is 16.6. The van der Waals surface area contributed by atoms with Crippen LogP contribution in [0.1, 0.15) is 15.9 Å². The minimum Gasteiger partial charge on any atom is -0.495 e. The summed E-state index contributed by atoms with van der Waals surface area (Å²) in [6.45, 7) is 0.250. The van der Waals surface area contributed by atoms with Crippen molar-refractivity contribution in [1.29, 1.82) is 0 Å². The lowest BCUT2D eigenvalue weighted by Crippen LogP contribution is -2.30. The van der Waals surface area contributed by atoms with Crippen LogP contribution >= 0.6 is 34.5 Å². The Labute approximate surface area is 193 Å². The van der Waals surface area contributed by atoms with Gasteiger partial charge in [-0.05, 0) is 42.0 Å². The number of fused-ring (bicyclic) bond motifs is 1. The maximum Gasteiger partial charge on any atom is 0.261 e. The lowest BCUT2D eigenvalue weighted by atomic mass is 10.2. The molecule has 0 saturated carbocycles. The van der Waals surface area contributed by atoms with Gasteiger partial charge in [0.25, 0.3) is 5.91 Å². The first-order valence-corrected chi connectivity index (χ1v) is 10.8. The molecule has 9 heteroatoms. The van der Waals surface area contributed by atoms with Gasteiger partial charge in [-0.1, -0.05) is 40.6 Å². The Morgan fingerprint density at radius 3 is 2.58 bits per heavy atom. The summed E-state index contributed by atoms with van der Waals surface area (Å²) in [6, 6.07) is 12.1. The molecule has 0 aliphatic heterocycles. The highest BCUT2D eigenvalue weighted by Crippen LogP contribution is 2.41. The highest BCUT2D eigenvalue weighted by Gasteiger charge is 2.25. The van der Waals surface area contributed by atoms with Crippen LogP contribution in [-0.4, -0.2) is 30.1 Å². The molecule has 1 amide bonds. The summed E-state index contributed by atoms with van der Waals surface area (Å²) in [5.74, 6) is 0.912. The molecule has 0 aliphatic rings. The Balaban J connectivity index is 1.86. The van der Waals surface area contributed by atoms with Crippen molar-refractivity contribution in [2.45, 2.75) is 6.54 Å². The Bertz CT molecular complexity index is 1210. The summed E-state index contributed by atoms with van der Waals surface area (Å²) >= 11 is 13.8. The highest BCUT2D eigenvalue weighted by atomic mass is 35.5. The van der Waals surface area contributed by atoms with Crippen LogP contribution in [0.15, 0.2) is 54.9 Å². The van der Waals surface area contributed by atoms with Gasteiger partial charge in [-0.25, -0.2) is 4.98 Å². The minimum atomic E-state index is -0.326. The van der Waals surface area contributed by atoms with Gasteiger partial charge in [-0.15, -0.1) is 0 Å². The molecule has 6 nitrogen and oxygen atoms in total. The molecule has 2 aromatic carbocycles. The minimum absolute atomic E-state index is 0.250. The molecule has 0 saturated heterocycles. The third-order valence-corrected chi connectivity index (χ3v) is 6.25. The number of benzene rings is 2. The summed E-state index contributed by atoms with van der Waals surface area (Å²) in [5, 5.41) is 1.20. The number of hydrogen-bond donors (Lipinski definition) is 0. The van der Waals surface area contributed by atoms with Gasteiger partial charge in [0.05, 0.1) is 31.4 Å². The average molecular weight is 474 g/mol. The smallest absolute Gasteiger partial charge is 0.261 e. The number of pyridine rings is 1. The lowest BCUT2D eigenvalue weighted by Gasteiger charge is -2.20. The van der Waals surface area contributed by atoms with Gasteiger partial charge < -0.3 is 9.47 Å². The number of hydrogen-bond acceptors (Lipinski definition) is 6. The summed E-state index contributed by atoms with van der Waals surface area (Å²) in [6.07, 6.45) is 3.38. The van der Waals surface area contributed by atoms with Gasteiger partial charge in [0.15, 0.2) is 5.13 Å². The van der Waals surface area contributed by atoms with E-state index in [1.54, 1.807) is 55.8 Å². The molecule has 0 radical (unpaired) electrons. The van der Waals surface area contributed by atoms with Crippen LogP contribution in [0.25, 0.3) is 10.2 Å². The van der Waals surface area contributed by atoms with Crippen molar-refractivity contribution in [2.75, 3.05) is 19.1 Å². The molecule has 0 aliphatic carbocycles. The number of methoxy groups -OCH3 is 2. The van der Waals surface area contributed by atoms with E-state index < -0.39 is 0 Å². The number of nitrogens with zero attached hydrogens (tertiary/aromatic N) is 3. The first kappa shape index (κ1) is 21.4. The number of carbonyl (C=O) groups excluding carboxylic acids is 1. The molecule has 0 atom stereocenters. The first-order valence-electron chi connectivity index (χ1n) is 9.19. The van der Waals surface area contributed by atoms with Gasteiger partial charge in [0, 0.05) is 17.4 Å². The second kappa shape index (κ2) is 9.09. The Kier molecular flexibility index (Phi) is 6.27. The first-order chi connectivity index (χ1) is 15.0. The van der Waals surface area contributed by atoms with E-state index in [4.69, 9.17) is 37.7 Å². The average Bonchev–Trinajstić information content (AvgIpc) is 3.24. The van der Waals surface area contributed by atoms with Crippen LogP contribution in [0.2, 0.25) is 10.0 Å². The van der Waals surface area contributed by atoms with Crippen molar-refractivity contribution in [3.05, 3.63) is 76.0 Å². The summed E-state index contributed by atoms with van der Waals surface area (Å²) in [5.41, 5.74) is 1.74. The maximum absolute atomic E-state index is 13.6. The molecule has 0 fully saturated rings. The van der Waals surface area contributed by atoms with Gasteiger partial charge in [-0.3, -0.25) is 14.7 Å². The number of amides is 1. The van der Waals surface area contributed by atoms with E-state index >= 15 is 0 Å². The fourth-order valence-corrected chi connectivity index (χ4v) is 4.54. The van der Waals surface area contributed by atoms with E-state index in [9.17, 15) is 4.79 Å². The molecule has 4 aromatic rings. The molecule has 0 bridgehead atoms. The van der Waals surface area contributed by atoms with Gasteiger partial charge in [0.2, 0.25) is 0 Å². The van der Waals surface area contributed by atoms with Gasteiger partial charge in [-0.2, -0.15) is 0 Å². The molecule has 0 N–H and O–H groups in total. The van der Waals surface area contributed by atoms with Crippen molar-refractivity contribution in [1.82, 2.24) is 9.97 Å². The van der Waals surface area contributed by atoms with E-state index in [1.165, 1.54) is 11.3 Å². The number of rotatable bonds is 6. The largest absolute Gasteiger partial charge is 0.495 e. The molecular weight excluding hydrogens is 457 g/mol. The van der Waals surface area contributed by atoms with Gasteiger partial charge >= 0.3 is 0 Å². The third-order valence-electron chi connectivity index (χ3n) is 4.60. The quantitative estimate of drug-likeness (QED) is 0.350. The highest BCUT2D eigenvalue weighted by molar-refractivity contribution is 7.22. The van der Waals surface area contributed by atoms with Crippen LogP contribution in [0.4, 0.5) is 5.13 Å². The van der Waals surface area contributed by atoms with Gasteiger partial charge in [0.1, 0.15) is 21.7 Å². The molecule has 0 unspecified atom stereocenters. The van der Waals surface area contributed by atoms with Crippen LogP contribution in [-0.2, 0) is 6.54 Å². The van der Waals surface area contributed by atoms with Crippen molar-refractivity contribution in [2.24, 2.45) is 0 Å². The second-order valence-corrected chi connectivity index (χ2v) is 8.34. The summed E-state index contributed by atoms with van der Waals surface area (Å²) in [7, 11) is 3.16. The normalized spacial score (nSPS) is 10.8. The summed E-state index contributed by atoms with van der Waals surface area (Å²) < 4.78 is 11.7. The zero-order valence-corrected chi connectivity index (χ0v) is 19.0. The third kappa shape index (κ3) is 4.30. The van der Waals surface area contributed by atoms with E-state index in [-0.39, 0.29) is 18.0 Å². The van der Waals surface area contributed by atoms with Crippen molar-refractivity contribution in [3.8, 4) is 11.5 Å². The Morgan fingerprint density at radius 1 is 1.10 bits per heavy atom. The van der Waals surface area contributed by atoms with Crippen molar-refractivity contribution >= 4 is 55.8 Å². The van der Waals surface area contributed by atoms with E-state index in [1.807, 2.05) is 18.2 Å². The maximum atomic E-state index is 13.6. The van der Waals surface area contributed by atoms with Crippen molar-refractivity contribution in [3.63, 3.8) is 0 Å². The molecule has 0 spiro atoms. The number of anilines is 1. The lowest BCUT2D eigenvalue weighted by molar-refractivity contribution is 0.0985.